The molecule has 152 valence electrons. The number of fused-ring (bicyclic) bond motifs is 1. The molecule has 0 atom stereocenters. The van der Waals surface area contributed by atoms with E-state index in [0.29, 0.717) is 0 Å². The van der Waals surface area contributed by atoms with Gasteiger partial charge in [-0.05, 0) is 49.4 Å². The number of hydrogen-bond donors (Lipinski definition) is 0. The molecule has 30 heavy (non-hydrogen) atoms. The molecule has 1 aliphatic heterocycles. The molecule has 0 spiro atoms. The lowest BCUT2D eigenvalue weighted by molar-refractivity contribution is 0.0628. The van der Waals surface area contributed by atoms with Gasteiger partial charge in [0.1, 0.15) is 5.01 Å². The van der Waals surface area contributed by atoms with E-state index in [2.05, 4.69) is 28.2 Å². The fraction of sp³-hybridized carbons (Fsp3) is 0.261. The predicted molar refractivity (Wildman–Crippen MR) is 119 cm³/mol. The Morgan fingerprint density at radius 2 is 1.77 bits per heavy atom. The Labute approximate surface area is 179 Å². The summed E-state index contributed by atoms with van der Waals surface area (Å²) in [6.07, 6.45) is 1.78. The Balaban J connectivity index is 1.20. The number of carbonyl (C=O) groups is 1. The van der Waals surface area contributed by atoms with Crippen LogP contribution in [-0.2, 0) is 6.54 Å². The van der Waals surface area contributed by atoms with Crippen molar-refractivity contribution in [2.75, 3.05) is 26.2 Å². The summed E-state index contributed by atoms with van der Waals surface area (Å²) in [7, 11) is 0. The number of thiazole rings is 1. The third-order valence-corrected chi connectivity index (χ3v) is 6.57. The first-order valence-corrected chi connectivity index (χ1v) is 11.0. The molecule has 0 N–H and O–H groups in total. The lowest BCUT2D eigenvalue weighted by atomic mass is 10.1. The van der Waals surface area contributed by atoms with E-state index in [1.165, 1.54) is 4.70 Å². The molecular weight excluding hydrogens is 394 g/mol. The molecule has 1 amide bonds. The van der Waals surface area contributed by atoms with Crippen molar-refractivity contribution >= 4 is 27.5 Å². The fourth-order valence-electron chi connectivity index (χ4n) is 3.86. The highest BCUT2D eigenvalue weighted by Crippen LogP contribution is 2.23. The van der Waals surface area contributed by atoms with E-state index in [-0.39, 0.29) is 5.91 Å². The summed E-state index contributed by atoms with van der Waals surface area (Å²) < 4.78 is 3.10. The zero-order chi connectivity index (χ0) is 20.5. The maximum atomic E-state index is 12.9. The van der Waals surface area contributed by atoms with Gasteiger partial charge in [0.2, 0.25) is 0 Å². The van der Waals surface area contributed by atoms with Gasteiger partial charge in [0.15, 0.2) is 0 Å². The van der Waals surface area contributed by atoms with Crippen molar-refractivity contribution in [3.63, 3.8) is 0 Å². The van der Waals surface area contributed by atoms with Crippen molar-refractivity contribution < 1.29 is 4.79 Å². The van der Waals surface area contributed by atoms with Gasteiger partial charge in [-0.1, -0.05) is 12.1 Å². The van der Waals surface area contributed by atoms with Crippen LogP contribution < -0.4 is 0 Å². The predicted octanol–water partition coefficient (Wildman–Crippen LogP) is 3.75. The number of rotatable bonds is 4. The van der Waals surface area contributed by atoms with E-state index in [4.69, 9.17) is 4.98 Å². The van der Waals surface area contributed by atoms with Crippen molar-refractivity contribution in [3.05, 3.63) is 77.1 Å². The van der Waals surface area contributed by atoms with Crippen LogP contribution in [0.5, 0.6) is 0 Å². The molecule has 2 aromatic heterocycles. The number of benzene rings is 2. The largest absolute Gasteiger partial charge is 0.336 e. The van der Waals surface area contributed by atoms with E-state index in [1.54, 1.807) is 17.5 Å². The van der Waals surface area contributed by atoms with Gasteiger partial charge in [-0.15, -0.1) is 11.3 Å². The van der Waals surface area contributed by atoms with Crippen molar-refractivity contribution in [1.29, 1.82) is 0 Å². The number of nitrogens with zero attached hydrogens (tertiary/aromatic N) is 5. The highest BCUT2D eigenvalue weighted by molar-refractivity contribution is 7.18. The molecule has 0 saturated carbocycles. The highest BCUT2D eigenvalue weighted by atomic mass is 32.1. The third-order valence-electron chi connectivity index (χ3n) is 5.55. The molecule has 0 unspecified atom stereocenters. The summed E-state index contributed by atoms with van der Waals surface area (Å²) >= 11 is 1.76. The number of aromatic nitrogens is 3. The second kappa shape index (κ2) is 8.01. The summed E-state index contributed by atoms with van der Waals surface area (Å²) in [4.78, 5) is 22.0. The van der Waals surface area contributed by atoms with Crippen LogP contribution in [0.2, 0.25) is 0 Å². The normalized spacial score (nSPS) is 15.0. The van der Waals surface area contributed by atoms with E-state index in [1.807, 2.05) is 52.9 Å². The second-order valence-electron chi connectivity index (χ2n) is 7.57. The van der Waals surface area contributed by atoms with Crippen LogP contribution in [0, 0.1) is 6.92 Å². The molecule has 7 heteroatoms. The van der Waals surface area contributed by atoms with Gasteiger partial charge in [0.05, 0.1) is 22.4 Å². The number of hydrogen-bond acceptors (Lipinski definition) is 5. The van der Waals surface area contributed by atoms with Gasteiger partial charge in [-0.2, -0.15) is 5.10 Å². The van der Waals surface area contributed by atoms with E-state index >= 15 is 0 Å². The first-order chi connectivity index (χ1) is 14.7. The van der Waals surface area contributed by atoms with Crippen LogP contribution in [0.3, 0.4) is 0 Å². The van der Waals surface area contributed by atoms with Gasteiger partial charge in [-0.3, -0.25) is 9.69 Å². The van der Waals surface area contributed by atoms with E-state index < -0.39 is 0 Å². The summed E-state index contributed by atoms with van der Waals surface area (Å²) in [6.45, 7) is 6.07. The van der Waals surface area contributed by atoms with Gasteiger partial charge < -0.3 is 4.90 Å². The van der Waals surface area contributed by atoms with E-state index in [0.717, 1.165) is 60.2 Å². The second-order valence-corrected chi connectivity index (χ2v) is 8.69. The van der Waals surface area contributed by atoms with E-state index in [9.17, 15) is 4.79 Å². The highest BCUT2D eigenvalue weighted by Gasteiger charge is 2.23. The average Bonchev–Trinajstić information content (AvgIpc) is 3.39. The number of amides is 1. The first kappa shape index (κ1) is 19.0. The monoisotopic (exact) mass is 417 g/mol. The van der Waals surface area contributed by atoms with Crippen molar-refractivity contribution in [1.82, 2.24) is 24.6 Å². The summed E-state index contributed by atoms with van der Waals surface area (Å²) in [5.41, 5.74) is 3.83. The van der Waals surface area contributed by atoms with Crippen LogP contribution in [0.25, 0.3) is 15.9 Å². The number of aryl methyl sites for hydroxylation is 1. The average molecular weight is 418 g/mol. The molecule has 3 heterocycles. The maximum Gasteiger partial charge on any atom is 0.253 e. The molecule has 0 bridgehead atoms. The molecule has 2 aromatic carbocycles. The Hall–Kier alpha value is -3.03. The molecular formula is C23H23N5OS. The Morgan fingerprint density at radius 1 is 1.00 bits per heavy atom. The molecule has 5 rings (SSSR count). The number of piperazine rings is 1. The molecule has 0 radical (unpaired) electrons. The van der Waals surface area contributed by atoms with Crippen molar-refractivity contribution in [2.24, 2.45) is 0 Å². The van der Waals surface area contributed by atoms with Crippen LogP contribution in [0.1, 0.15) is 21.1 Å². The van der Waals surface area contributed by atoms with Gasteiger partial charge >= 0.3 is 0 Å². The Morgan fingerprint density at radius 3 is 2.47 bits per heavy atom. The zero-order valence-electron chi connectivity index (χ0n) is 16.9. The molecule has 1 saturated heterocycles. The summed E-state index contributed by atoms with van der Waals surface area (Å²) in [5, 5.41) is 5.46. The zero-order valence-corrected chi connectivity index (χ0v) is 17.7. The van der Waals surface area contributed by atoms with Gasteiger partial charge in [0.25, 0.3) is 5.91 Å². The number of para-hydroxylation sites is 1. The van der Waals surface area contributed by atoms with Gasteiger partial charge in [-0.25, -0.2) is 9.67 Å². The minimum absolute atomic E-state index is 0.0957. The Kier molecular flexibility index (Phi) is 5.06. The maximum absolute atomic E-state index is 12.9. The van der Waals surface area contributed by atoms with Gasteiger partial charge in [0, 0.05) is 43.6 Å². The van der Waals surface area contributed by atoms with Crippen LogP contribution in [0.4, 0.5) is 0 Å². The standard InChI is InChI=1S/C23H23N5OS/c1-17-10-11-24-28(17)19-8-6-18(7-9-19)23(29)27-14-12-26(13-15-27)16-22-25-20-4-2-3-5-21(20)30-22/h2-11H,12-16H2,1H3. The molecule has 1 fully saturated rings. The molecule has 1 aliphatic rings. The smallest absolute Gasteiger partial charge is 0.253 e. The summed E-state index contributed by atoms with van der Waals surface area (Å²) in [6, 6.07) is 17.9. The van der Waals surface area contributed by atoms with Crippen LogP contribution in [-0.4, -0.2) is 56.7 Å². The quantitative estimate of drug-likeness (QED) is 0.508. The van der Waals surface area contributed by atoms with Crippen LogP contribution >= 0.6 is 11.3 Å². The molecule has 0 aliphatic carbocycles. The van der Waals surface area contributed by atoms with Crippen LogP contribution in [0.15, 0.2) is 60.8 Å². The lowest BCUT2D eigenvalue weighted by Crippen LogP contribution is -2.48. The molecule has 6 nitrogen and oxygen atoms in total. The number of carbonyl (C=O) groups excluding carboxylic acids is 1. The minimum Gasteiger partial charge on any atom is -0.336 e. The molecule has 4 aromatic rings. The topological polar surface area (TPSA) is 54.3 Å². The lowest BCUT2D eigenvalue weighted by Gasteiger charge is -2.34. The Bertz CT molecular complexity index is 1140. The first-order valence-electron chi connectivity index (χ1n) is 10.1. The summed E-state index contributed by atoms with van der Waals surface area (Å²) in [5.74, 6) is 0.0957. The van der Waals surface area contributed by atoms with Crippen molar-refractivity contribution in [3.8, 4) is 5.69 Å². The fourth-order valence-corrected chi connectivity index (χ4v) is 4.87. The third kappa shape index (κ3) is 3.74. The van der Waals surface area contributed by atoms with Crippen molar-refractivity contribution in [2.45, 2.75) is 13.5 Å². The SMILES string of the molecule is Cc1ccnn1-c1ccc(C(=O)N2CCN(Cc3nc4ccccc4s3)CC2)cc1. The minimum atomic E-state index is 0.0957.